The highest BCUT2D eigenvalue weighted by atomic mass is 32.2. The Morgan fingerprint density at radius 3 is 2.82 bits per heavy atom. The molecule has 0 spiro atoms. The summed E-state index contributed by atoms with van der Waals surface area (Å²) in [5, 5.41) is 0. The van der Waals surface area contributed by atoms with Gasteiger partial charge in [-0.1, -0.05) is 19.1 Å². The molecule has 3 rings (SSSR count). The van der Waals surface area contributed by atoms with Gasteiger partial charge in [-0.3, -0.25) is 14.5 Å². The van der Waals surface area contributed by atoms with Crippen LogP contribution in [0.4, 0.5) is 5.69 Å². The van der Waals surface area contributed by atoms with Gasteiger partial charge in [-0.05, 0) is 18.1 Å². The predicted molar refractivity (Wildman–Crippen MR) is 87.8 cm³/mol. The van der Waals surface area contributed by atoms with E-state index < -0.39 is 0 Å². The van der Waals surface area contributed by atoms with E-state index in [1.54, 1.807) is 11.8 Å². The summed E-state index contributed by atoms with van der Waals surface area (Å²) in [7, 11) is 0. The monoisotopic (exact) mass is 319 g/mol. The molecule has 5 nitrogen and oxygen atoms in total. The zero-order valence-corrected chi connectivity index (χ0v) is 13.5. The first-order valence-corrected chi connectivity index (χ1v) is 8.58. The number of primary amides is 1. The van der Waals surface area contributed by atoms with Crippen molar-refractivity contribution in [3.63, 3.8) is 0 Å². The van der Waals surface area contributed by atoms with E-state index in [9.17, 15) is 9.59 Å². The average molecular weight is 319 g/mol. The zero-order chi connectivity index (χ0) is 15.7. The van der Waals surface area contributed by atoms with Gasteiger partial charge in [0.15, 0.2) is 0 Å². The van der Waals surface area contributed by atoms with Crippen LogP contribution < -0.4 is 10.6 Å². The van der Waals surface area contributed by atoms with Gasteiger partial charge in [0.2, 0.25) is 11.8 Å². The predicted octanol–water partition coefficient (Wildman–Crippen LogP) is 1.18. The summed E-state index contributed by atoms with van der Waals surface area (Å²) in [5.74, 6) is 0.835. The van der Waals surface area contributed by atoms with Crippen LogP contribution in [0.15, 0.2) is 29.2 Å². The lowest BCUT2D eigenvalue weighted by molar-refractivity contribution is -0.123. The van der Waals surface area contributed by atoms with E-state index in [0.29, 0.717) is 13.1 Å². The molecule has 1 aromatic rings. The maximum atomic E-state index is 12.7. The van der Waals surface area contributed by atoms with E-state index >= 15 is 0 Å². The quantitative estimate of drug-likeness (QED) is 0.908. The van der Waals surface area contributed by atoms with Crippen molar-refractivity contribution in [1.82, 2.24) is 4.90 Å². The Labute approximate surface area is 134 Å². The highest BCUT2D eigenvalue weighted by Crippen LogP contribution is 2.34. The molecule has 1 fully saturated rings. The van der Waals surface area contributed by atoms with E-state index in [4.69, 9.17) is 5.73 Å². The number of para-hydroxylation sites is 1. The summed E-state index contributed by atoms with van der Waals surface area (Å²) in [6.07, 6.45) is 0. The number of anilines is 1. The number of hydrogen-bond donors (Lipinski definition) is 1. The largest absolute Gasteiger partial charge is 0.369 e. The number of amides is 2. The second-order valence-electron chi connectivity index (χ2n) is 6.04. The Bertz CT molecular complexity index is 593. The third-order valence-corrected chi connectivity index (χ3v) is 5.48. The Morgan fingerprint density at radius 1 is 1.32 bits per heavy atom. The number of thioether (sulfide) groups is 1. The Kier molecular flexibility index (Phi) is 4.40. The first-order chi connectivity index (χ1) is 10.6. The number of nitrogens with zero attached hydrogens (tertiary/aromatic N) is 2. The molecule has 2 aliphatic heterocycles. The van der Waals surface area contributed by atoms with Crippen molar-refractivity contribution in [2.75, 3.05) is 36.8 Å². The SMILES string of the molecule is C[C@@H]1CN(CC(=O)N2CCSc3ccccc32)C[C@H]1C(N)=O. The summed E-state index contributed by atoms with van der Waals surface area (Å²) in [6.45, 7) is 4.46. The standard InChI is InChI=1S/C16H21N3O2S/c1-11-8-18(9-12(11)16(17)21)10-15(20)19-6-7-22-14-5-3-2-4-13(14)19/h2-5,11-12H,6-10H2,1H3,(H2,17,21)/t11-,12-/m1/s1. The first kappa shape index (κ1) is 15.4. The summed E-state index contributed by atoms with van der Waals surface area (Å²) in [4.78, 5) is 29.1. The lowest BCUT2D eigenvalue weighted by atomic mass is 9.98. The molecule has 1 aromatic carbocycles. The zero-order valence-electron chi connectivity index (χ0n) is 12.7. The van der Waals surface area contributed by atoms with Gasteiger partial charge >= 0.3 is 0 Å². The molecule has 2 heterocycles. The van der Waals surface area contributed by atoms with Crippen molar-refractivity contribution < 1.29 is 9.59 Å². The van der Waals surface area contributed by atoms with Crippen LogP contribution in [0.2, 0.25) is 0 Å². The molecule has 22 heavy (non-hydrogen) atoms. The fourth-order valence-electron chi connectivity index (χ4n) is 3.27. The number of nitrogens with two attached hydrogens (primary N) is 1. The van der Waals surface area contributed by atoms with E-state index in [-0.39, 0.29) is 23.7 Å². The lowest BCUT2D eigenvalue weighted by Crippen LogP contribution is -2.42. The number of carbonyl (C=O) groups is 2. The van der Waals surface area contributed by atoms with Gasteiger partial charge in [-0.15, -0.1) is 11.8 Å². The number of hydrogen-bond acceptors (Lipinski definition) is 4. The molecule has 2 aliphatic rings. The van der Waals surface area contributed by atoms with Crippen LogP contribution in [-0.2, 0) is 9.59 Å². The van der Waals surface area contributed by atoms with Gasteiger partial charge in [0.25, 0.3) is 0 Å². The molecule has 2 N–H and O–H groups in total. The molecule has 0 aliphatic carbocycles. The van der Waals surface area contributed by atoms with Crippen LogP contribution in [-0.4, -0.2) is 48.6 Å². The smallest absolute Gasteiger partial charge is 0.241 e. The molecule has 1 saturated heterocycles. The van der Waals surface area contributed by atoms with Gasteiger partial charge in [0.05, 0.1) is 18.2 Å². The fourth-order valence-corrected chi connectivity index (χ4v) is 4.27. The molecule has 118 valence electrons. The summed E-state index contributed by atoms with van der Waals surface area (Å²) in [5.41, 5.74) is 6.43. The molecule has 2 amide bonds. The number of likely N-dealkylation sites (tertiary alicyclic amines) is 1. The number of rotatable bonds is 3. The van der Waals surface area contributed by atoms with E-state index in [1.165, 1.54) is 0 Å². The van der Waals surface area contributed by atoms with Crippen molar-refractivity contribution in [2.45, 2.75) is 11.8 Å². The van der Waals surface area contributed by atoms with E-state index in [1.807, 2.05) is 34.9 Å². The molecule has 2 atom stereocenters. The maximum Gasteiger partial charge on any atom is 0.241 e. The van der Waals surface area contributed by atoms with Crippen LogP contribution in [0.1, 0.15) is 6.92 Å². The van der Waals surface area contributed by atoms with Crippen molar-refractivity contribution >= 4 is 29.3 Å². The fraction of sp³-hybridized carbons (Fsp3) is 0.500. The van der Waals surface area contributed by atoms with Gasteiger partial charge < -0.3 is 10.6 Å². The second kappa shape index (κ2) is 6.30. The third-order valence-electron chi connectivity index (χ3n) is 4.44. The van der Waals surface area contributed by atoms with Crippen LogP contribution in [0.3, 0.4) is 0 Å². The van der Waals surface area contributed by atoms with Crippen molar-refractivity contribution in [2.24, 2.45) is 17.6 Å². The summed E-state index contributed by atoms with van der Waals surface area (Å²) < 4.78 is 0. The molecule has 0 aromatic heterocycles. The molecule has 0 bridgehead atoms. The highest BCUT2D eigenvalue weighted by Gasteiger charge is 2.35. The average Bonchev–Trinajstić information content (AvgIpc) is 2.87. The van der Waals surface area contributed by atoms with E-state index in [2.05, 4.69) is 6.07 Å². The van der Waals surface area contributed by atoms with Gasteiger partial charge in [0, 0.05) is 30.3 Å². The number of carbonyl (C=O) groups excluding carboxylic acids is 2. The van der Waals surface area contributed by atoms with Gasteiger partial charge in [0.1, 0.15) is 0 Å². The summed E-state index contributed by atoms with van der Waals surface area (Å²) >= 11 is 1.79. The second-order valence-corrected chi connectivity index (χ2v) is 7.18. The Balaban J connectivity index is 1.68. The minimum atomic E-state index is -0.262. The van der Waals surface area contributed by atoms with Crippen LogP contribution in [0.5, 0.6) is 0 Å². The van der Waals surface area contributed by atoms with Crippen molar-refractivity contribution in [3.05, 3.63) is 24.3 Å². The van der Waals surface area contributed by atoms with Crippen LogP contribution in [0, 0.1) is 11.8 Å². The molecule has 0 saturated carbocycles. The molecule has 6 heteroatoms. The maximum absolute atomic E-state index is 12.7. The number of benzene rings is 1. The molecule has 0 unspecified atom stereocenters. The molecular weight excluding hydrogens is 298 g/mol. The minimum Gasteiger partial charge on any atom is -0.369 e. The molecular formula is C16H21N3O2S. The Morgan fingerprint density at radius 2 is 2.09 bits per heavy atom. The Hall–Kier alpha value is -1.53. The third kappa shape index (κ3) is 2.98. The molecule has 0 radical (unpaired) electrons. The van der Waals surface area contributed by atoms with Crippen molar-refractivity contribution in [3.8, 4) is 0 Å². The summed E-state index contributed by atoms with van der Waals surface area (Å²) in [6, 6.07) is 8.02. The normalized spacial score (nSPS) is 25.0. The number of fused-ring (bicyclic) bond motifs is 1. The van der Waals surface area contributed by atoms with Crippen molar-refractivity contribution in [1.29, 1.82) is 0 Å². The highest BCUT2D eigenvalue weighted by molar-refractivity contribution is 7.99. The lowest BCUT2D eigenvalue weighted by Gasteiger charge is -2.30. The van der Waals surface area contributed by atoms with Gasteiger partial charge in [-0.2, -0.15) is 0 Å². The van der Waals surface area contributed by atoms with Crippen LogP contribution >= 0.6 is 11.8 Å². The first-order valence-electron chi connectivity index (χ1n) is 7.60. The topological polar surface area (TPSA) is 66.6 Å². The van der Waals surface area contributed by atoms with E-state index in [0.717, 1.165) is 29.4 Å². The van der Waals surface area contributed by atoms with Crippen LogP contribution in [0.25, 0.3) is 0 Å². The van der Waals surface area contributed by atoms with Gasteiger partial charge in [-0.25, -0.2) is 0 Å². The minimum absolute atomic E-state index is 0.102.